The summed E-state index contributed by atoms with van der Waals surface area (Å²) in [5.74, 6) is 0. The Hall–Kier alpha value is -0.740. The van der Waals surface area contributed by atoms with Crippen LogP contribution in [0.25, 0.3) is 0 Å². The second kappa shape index (κ2) is 8.10. The third kappa shape index (κ3) is 3.64. The summed E-state index contributed by atoms with van der Waals surface area (Å²) in [6.07, 6.45) is -0.141. The summed E-state index contributed by atoms with van der Waals surface area (Å²) in [6, 6.07) is 9.82. The molecule has 26 heavy (non-hydrogen) atoms. The highest BCUT2D eigenvalue weighted by Gasteiger charge is 2.56. The maximum absolute atomic E-state index is 6.23. The second-order valence-electron chi connectivity index (χ2n) is 6.33. The number of thioether (sulfide) groups is 1. The van der Waals surface area contributed by atoms with Crippen molar-refractivity contribution in [3.63, 3.8) is 0 Å². The first kappa shape index (κ1) is 18.6. The molecular weight excluding hydrogens is 376 g/mol. The molecule has 0 radical (unpaired) electrons. The number of benzene rings is 1. The molecule has 0 N–H and O–H groups in total. The Kier molecular flexibility index (Phi) is 5.80. The van der Waals surface area contributed by atoms with Gasteiger partial charge in [0.25, 0.3) is 0 Å². The van der Waals surface area contributed by atoms with Crippen molar-refractivity contribution in [1.82, 2.24) is 0 Å². The molecule has 7 atom stereocenters. The quantitative estimate of drug-likeness (QED) is 0.721. The van der Waals surface area contributed by atoms with Gasteiger partial charge in [0.05, 0.1) is 6.61 Å². The molecule has 0 saturated carbocycles. The maximum atomic E-state index is 6.23. The van der Waals surface area contributed by atoms with Gasteiger partial charge in [-0.1, -0.05) is 49.0 Å². The number of fused-ring (bicyclic) bond motifs is 2. The largest absolute Gasteiger partial charge is 0.469 e. The molecule has 1 aromatic carbocycles. The highest BCUT2D eigenvalue weighted by molar-refractivity contribution is 8.22. The Morgan fingerprint density at radius 3 is 2.69 bits per heavy atom. The number of hydrogen-bond donors (Lipinski definition) is 0. The minimum atomic E-state index is -0.503. The third-order valence-corrected chi connectivity index (χ3v) is 5.71. The molecule has 3 fully saturated rings. The van der Waals surface area contributed by atoms with Crippen molar-refractivity contribution in [2.75, 3.05) is 12.9 Å². The Balaban J connectivity index is 1.56. The molecule has 4 rings (SSSR count). The lowest BCUT2D eigenvalue weighted by Gasteiger charge is -2.46. The zero-order chi connectivity index (χ0) is 18.1. The molecule has 0 bridgehead atoms. The van der Waals surface area contributed by atoms with Crippen LogP contribution in [-0.4, -0.2) is 54.2 Å². The van der Waals surface area contributed by atoms with Crippen molar-refractivity contribution in [2.24, 2.45) is 0 Å². The zero-order valence-corrected chi connectivity index (χ0v) is 16.2. The summed E-state index contributed by atoms with van der Waals surface area (Å²) >= 11 is 6.67. The lowest BCUT2D eigenvalue weighted by molar-refractivity contribution is -0.335. The molecule has 6 nitrogen and oxygen atoms in total. The van der Waals surface area contributed by atoms with Crippen molar-refractivity contribution in [3.8, 4) is 0 Å². The van der Waals surface area contributed by atoms with E-state index in [0.29, 0.717) is 11.0 Å². The molecular formula is C18H22O6S2. The standard InChI is InChI=1S/C18H22O6S2/c1-3-12-21-15-14(24-18(25)26-2)13-11(20-17(15)22-12)9-19-16(23-13)10-7-5-4-6-8-10/h4-8,11-17H,3,9H2,1-2H3/t11-,12?,13-,14+,15-,16?,17-/m1/s1. The first-order valence-corrected chi connectivity index (χ1v) is 10.4. The van der Waals surface area contributed by atoms with E-state index in [0.717, 1.165) is 12.0 Å². The molecule has 2 unspecified atom stereocenters. The summed E-state index contributed by atoms with van der Waals surface area (Å²) in [6.45, 7) is 2.39. The van der Waals surface area contributed by atoms with Crippen LogP contribution in [0.3, 0.4) is 0 Å². The van der Waals surface area contributed by atoms with E-state index in [1.54, 1.807) is 0 Å². The van der Waals surface area contributed by atoms with E-state index in [-0.39, 0.29) is 24.6 Å². The van der Waals surface area contributed by atoms with Crippen molar-refractivity contribution < 1.29 is 28.4 Å². The molecule has 0 aliphatic carbocycles. The van der Waals surface area contributed by atoms with Crippen LogP contribution in [0.2, 0.25) is 0 Å². The molecule has 8 heteroatoms. The molecule has 3 aliphatic heterocycles. The second-order valence-corrected chi connectivity index (χ2v) is 7.74. The van der Waals surface area contributed by atoms with E-state index in [2.05, 4.69) is 0 Å². The van der Waals surface area contributed by atoms with E-state index in [4.69, 9.17) is 40.6 Å². The average Bonchev–Trinajstić information content (AvgIpc) is 3.11. The highest BCUT2D eigenvalue weighted by atomic mass is 32.2. The number of hydrogen-bond acceptors (Lipinski definition) is 8. The Bertz CT molecular complexity index is 629. The van der Waals surface area contributed by atoms with Crippen LogP contribution in [0.15, 0.2) is 30.3 Å². The zero-order valence-electron chi connectivity index (χ0n) is 14.6. The lowest BCUT2D eigenvalue weighted by atomic mass is 9.97. The van der Waals surface area contributed by atoms with E-state index in [1.165, 1.54) is 11.8 Å². The van der Waals surface area contributed by atoms with Crippen LogP contribution in [0.1, 0.15) is 25.2 Å². The van der Waals surface area contributed by atoms with Gasteiger partial charge in [-0.25, -0.2) is 0 Å². The molecule has 142 valence electrons. The summed E-state index contributed by atoms with van der Waals surface area (Å²) in [4.78, 5) is 0. The van der Waals surface area contributed by atoms with Crippen LogP contribution < -0.4 is 0 Å². The topological polar surface area (TPSA) is 55.4 Å². The van der Waals surface area contributed by atoms with Crippen molar-refractivity contribution in [3.05, 3.63) is 35.9 Å². The molecule has 0 amide bonds. The van der Waals surface area contributed by atoms with Crippen LogP contribution >= 0.6 is 24.0 Å². The van der Waals surface area contributed by atoms with Gasteiger partial charge < -0.3 is 28.4 Å². The van der Waals surface area contributed by atoms with Gasteiger partial charge in [0.2, 0.25) is 4.38 Å². The average molecular weight is 399 g/mol. The van der Waals surface area contributed by atoms with E-state index < -0.39 is 18.7 Å². The van der Waals surface area contributed by atoms with Gasteiger partial charge >= 0.3 is 0 Å². The van der Waals surface area contributed by atoms with Crippen LogP contribution in [0, 0.1) is 0 Å². The van der Waals surface area contributed by atoms with Crippen molar-refractivity contribution in [2.45, 2.75) is 56.6 Å². The third-order valence-electron chi connectivity index (χ3n) is 4.68. The van der Waals surface area contributed by atoms with Crippen LogP contribution in [0.5, 0.6) is 0 Å². The molecule has 3 saturated heterocycles. The van der Waals surface area contributed by atoms with Gasteiger partial charge in [0, 0.05) is 5.56 Å². The van der Waals surface area contributed by atoms with Crippen molar-refractivity contribution >= 4 is 28.4 Å². The maximum Gasteiger partial charge on any atom is 0.220 e. The smallest absolute Gasteiger partial charge is 0.220 e. The number of rotatable bonds is 3. The summed E-state index contributed by atoms with van der Waals surface area (Å²) < 4.78 is 36.5. The van der Waals surface area contributed by atoms with Gasteiger partial charge in [-0.05, 0) is 24.9 Å². The molecule has 0 aromatic heterocycles. The lowest BCUT2D eigenvalue weighted by Crippen LogP contribution is -2.61. The molecule has 3 aliphatic rings. The normalized spacial score (nSPS) is 39.1. The van der Waals surface area contributed by atoms with Crippen LogP contribution in [0.4, 0.5) is 0 Å². The van der Waals surface area contributed by atoms with Crippen molar-refractivity contribution in [1.29, 1.82) is 0 Å². The first-order valence-electron chi connectivity index (χ1n) is 8.72. The Morgan fingerprint density at radius 2 is 1.96 bits per heavy atom. The highest BCUT2D eigenvalue weighted by Crippen LogP contribution is 2.40. The minimum Gasteiger partial charge on any atom is -0.469 e. The van der Waals surface area contributed by atoms with Crippen LogP contribution in [-0.2, 0) is 28.4 Å². The van der Waals surface area contributed by atoms with E-state index in [1.807, 2.05) is 43.5 Å². The van der Waals surface area contributed by atoms with E-state index >= 15 is 0 Å². The number of ether oxygens (including phenoxy) is 6. The monoisotopic (exact) mass is 398 g/mol. The van der Waals surface area contributed by atoms with Gasteiger partial charge in [-0.2, -0.15) is 0 Å². The minimum absolute atomic E-state index is 0.301. The fourth-order valence-corrected chi connectivity index (χ4v) is 3.74. The molecule has 0 spiro atoms. The van der Waals surface area contributed by atoms with Gasteiger partial charge in [0.1, 0.15) is 12.2 Å². The Morgan fingerprint density at radius 1 is 1.15 bits per heavy atom. The summed E-state index contributed by atoms with van der Waals surface area (Å²) in [7, 11) is 0. The Labute approximate surface area is 162 Å². The number of thiocarbonyl (C=S) groups is 1. The molecule has 1 aromatic rings. The predicted molar refractivity (Wildman–Crippen MR) is 99.7 cm³/mol. The van der Waals surface area contributed by atoms with Gasteiger partial charge in [-0.15, -0.1) is 0 Å². The van der Waals surface area contributed by atoms with Gasteiger partial charge in [-0.3, -0.25) is 0 Å². The summed E-state index contributed by atoms with van der Waals surface area (Å²) in [5, 5.41) is 0. The van der Waals surface area contributed by atoms with E-state index in [9.17, 15) is 0 Å². The fraction of sp³-hybridized carbons (Fsp3) is 0.611. The SMILES string of the molecule is CCC1O[C@H]2O[C@@H]3COC(c4ccccc4)O[C@H]3[C@H](OC(=S)SC)[C@H]2O1. The predicted octanol–water partition coefficient (Wildman–Crippen LogP) is 3.01. The first-order chi connectivity index (χ1) is 12.7. The fourth-order valence-electron chi connectivity index (χ4n) is 3.42. The molecule has 3 heterocycles. The van der Waals surface area contributed by atoms with Gasteiger partial charge in [0.15, 0.2) is 31.1 Å². The summed E-state index contributed by atoms with van der Waals surface area (Å²) in [5.41, 5.74) is 0.953.